The quantitative estimate of drug-likeness (QED) is 0.824. The van der Waals surface area contributed by atoms with Crippen molar-refractivity contribution in [2.75, 3.05) is 26.2 Å². The van der Waals surface area contributed by atoms with E-state index in [0.717, 1.165) is 36.7 Å². The van der Waals surface area contributed by atoms with E-state index in [1.54, 1.807) is 18.2 Å². The van der Waals surface area contributed by atoms with Gasteiger partial charge in [-0.3, -0.25) is 9.69 Å². The van der Waals surface area contributed by atoms with E-state index in [9.17, 15) is 4.79 Å². The zero-order valence-electron chi connectivity index (χ0n) is 10.6. The zero-order chi connectivity index (χ0) is 13.4. The van der Waals surface area contributed by atoms with Gasteiger partial charge in [-0.2, -0.15) is 0 Å². The van der Waals surface area contributed by atoms with Gasteiger partial charge in [-0.15, -0.1) is 0 Å². The van der Waals surface area contributed by atoms with Crippen molar-refractivity contribution in [2.24, 2.45) is 0 Å². The molecular weight excluding hydrogens is 328 g/mol. The minimum Gasteiger partial charge on any atom is -0.336 e. The lowest BCUT2D eigenvalue weighted by Gasteiger charge is -2.35. The molecule has 1 saturated heterocycles. The van der Waals surface area contributed by atoms with Gasteiger partial charge in [0.1, 0.15) is 0 Å². The number of rotatable bonds is 2. The van der Waals surface area contributed by atoms with Crippen LogP contribution >= 0.6 is 27.5 Å². The Hall–Kier alpha value is -0.580. The zero-order valence-corrected chi connectivity index (χ0v) is 13.0. The van der Waals surface area contributed by atoms with Gasteiger partial charge in [0.2, 0.25) is 0 Å². The Morgan fingerprint density at radius 2 is 1.89 bits per heavy atom. The third kappa shape index (κ3) is 2.96. The van der Waals surface area contributed by atoms with Gasteiger partial charge in [-0.25, -0.2) is 0 Å². The van der Waals surface area contributed by atoms with Gasteiger partial charge in [0.15, 0.2) is 0 Å². The van der Waals surface area contributed by atoms with Crippen molar-refractivity contribution < 1.29 is 4.79 Å². The second-order valence-electron chi connectivity index (χ2n) is 5.18. The number of carbonyl (C=O) groups excluding carboxylic acids is 1. The topological polar surface area (TPSA) is 23.6 Å². The van der Waals surface area contributed by atoms with Crippen LogP contribution < -0.4 is 0 Å². The van der Waals surface area contributed by atoms with Gasteiger partial charge < -0.3 is 4.90 Å². The van der Waals surface area contributed by atoms with Gasteiger partial charge in [0, 0.05) is 41.7 Å². The molecule has 3 rings (SSSR count). The van der Waals surface area contributed by atoms with Crippen LogP contribution in [-0.2, 0) is 0 Å². The highest BCUT2D eigenvalue weighted by molar-refractivity contribution is 9.10. The van der Waals surface area contributed by atoms with Crippen LogP contribution in [0.25, 0.3) is 0 Å². The fourth-order valence-corrected chi connectivity index (χ4v) is 3.42. The van der Waals surface area contributed by atoms with Crippen LogP contribution in [0.4, 0.5) is 0 Å². The van der Waals surface area contributed by atoms with Crippen molar-refractivity contribution in [1.82, 2.24) is 9.80 Å². The van der Waals surface area contributed by atoms with Crippen molar-refractivity contribution >= 4 is 33.4 Å². The SMILES string of the molecule is O=C(c1ccc(Cl)cc1Br)N1CCN(C2CC2)CC1. The predicted octanol–water partition coefficient (Wildman–Crippen LogP) is 3.02. The molecular formula is C14H16BrClN2O. The normalized spacial score (nSPS) is 20.6. The largest absolute Gasteiger partial charge is 0.336 e. The molecule has 1 aliphatic carbocycles. The van der Waals surface area contributed by atoms with Gasteiger partial charge >= 0.3 is 0 Å². The highest BCUT2D eigenvalue weighted by Gasteiger charge is 2.32. The summed E-state index contributed by atoms with van der Waals surface area (Å²) in [5.41, 5.74) is 0.698. The fourth-order valence-electron chi connectivity index (χ4n) is 2.56. The number of hydrogen-bond acceptors (Lipinski definition) is 2. The summed E-state index contributed by atoms with van der Waals surface area (Å²) in [4.78, 5) is 16.9. The first-order valence-electron chi connectivity index (χ1n) is 6.63. The Labute approximate surface area is 126 Å². The molecule has 3 nitrogen and oxygen atoms in total. The van der Waals surface area contributed by atoms with E-state index >= 15 is 0 Å². The Bertz CT molecular complexity index is 496. The Balaban J connectivity index is 1.67. The number of nitrogens with zero attached hydrogens (tertiary/aromatic N) is 2. The van der Waals surface area contributed by atoms with Crippen LogP contribution in [-0.4, -0.2) is 47.9 Å². The lowest BCUT2D eigenvalue weighted by atomic mass is 10.2. The summed E-state index contributed by atoms with van der Waals surface area (Å²) in [5, 5.41) is 0.641. The van der Waals surface area contributed by atoms with Crippen molar-refractivity contribution in [3.8, 4) is 0 Å². The van der Waals surface area contributed by atoms with Crippen LogP contribution in [0.15, 0.2) is 22.7 Å². The van der Waals surface area contributed by atoms with E-state index < -0.39 is 0 Å². The number of benzene rings is 1. The molecule has 2 aliphatic rings. The molecule has 1 aromatic carbocycles. The van der Waals surface area contributed by atoms with E-state index in [2.05, 4.69) is 20.8 Å². The standard InChI is InChI=1S/C14H16BrClN2O/c15-13-9-10(16)1-4-12(13)14(19)18-7-5-17(6-8-18)11-2-3-11/h1,4,9,11H,2-3,5-8H2. The first-order chi connectivity index (χ1) is 9.15. The average molecular weight is 344 g/mol. The molecule has 0 spiro atoms. The van der Waals surface area contributed by atoms with Crippen molar-refractivity contribution in [3.05, 3.63) is 33.3 Å². The molecule has 0 aromatic heterocycles. The van der Waals surface area contributed by atoms with Crippen molar-refractivity contribution in [2.45, 2.75) is 18.9 Å². The molecule has 0 radical (unpaired) electrons. The number of carbonyl (C=O) groups is 1. The minimum atomic E-state index is 0.0963. The Morgan fingerprint density at radius 1 is 1.21 bits per heavy atom. The molecule has 0 atom stereocenters. The maximum atomic E-state index is 12.5. The molecule has 0 bridgehead atoms. The van der Waals surface area contributed by atoms with E-state index in [1.165, 1.54) is 12.8 Å². The van der Waals surface area contributed by atoms with Crippen LogP contribution in [0, 0.1) is 0 Å². The second-order valence-corrected chi connectivity index (χ2v) is 6.47. The molecule has 1 amide bonds. The fraction of sp³-hybridized carbons (Fsp3) is 0.500. The number of piperazine rings is 1. The van der Waals surface area contributed by atoms with Gasteiger partial charge in [-0.1, -0.05) is 11.6 Å². The smallest absolute Gasteiger partial charge is 0.255 e. The third-order valence-corrected chi connectivity index (χ3v) is 4.72. The number of halogens is 2. The van der Waals surface area contributed by atoms with Crippen LogP contribution in [0.3, 0.4) is 0 Å². The molecule has 102 valence electrons. The predicted molar refractivity (Wildman–Crippen MR) is 79.7 cm³/mol. The third-order valence-electron chi connectivity index (χ3n) is 3.83. The van der Waals surface area contributed by atoms with Crippen LogP contribution in [0.5, 0.6) is 0 Å². The first-order valence-corrected chi connectivity index (χ1v) is 7.80. The van der Waals surface area contributed by atoms with Gasteiger partial charge in [0.25, 0.3) is 5.91 Å². The average Bonchev–Trinajstić information content (AvgIpc) is 3.22. The Kier molecular flexibility index (Phi) is 3.83. The first kappa shape index (κ1) is 13.4. The van der Waals surface area contributed by atoms with Crippen LogP contribution in [0.1, 0.15) is 23.2 Å². The summed E-state index contributed by atoms with van der Waals surface area (Å²) in [7, 11) is 0. The van der Waals surface area contributed by atoms with Gasteiger partial charge in [-0.05, 0) is 47.0 Å². The molecule has 1 saturated carbocycles. The lowest BCUT2D eigenvalue weighted by molar-refractivity contribution is 0.0626. The van der Waals surface area contributed by atoms with E-state index in [4.69, 9.17) is 11.6 Å². The van der Waals surface area contributed by atoms with Crippen molar-refractivity contribution in [1.29, 1.82) is 0 Å². The monoisotopic (exact) mass is 342 g/mol. The van der Waals surface area contributed by atoms with E-state index in [0.29, 0.717) is 10.6 Å². The highest BCUT2D eigenvalue weighted by atomic mass is 79.9. The lowest BCUT2D eigenvalue weighted by Crippen LogP contribution is -2.49. The summed E-state index contributed by atoms with van der Waals surface area (Å²) in [6, 6.07) is 6.12. The molecule has 2 fully saturated rings. The Morgan fingerprint density at radius 3 is 2.47 bits per heavy atom. The molecule has 19 heavy (non-hydrogen) atoms. The molecule has 1 aromatic rings. The molecule has 1 aliphatic heterocycles. The summed E-state index contributed by atoms with van der Waals surface area (Å²) in [5.74, 6) is 0.0963. The number of amides is 1. The molecule has 5 heteroatoms. The van der Waals surface area contributed by atoms with Gasteiger partial charge in [0.05, 0.1) is 5.56 Å². The highest BCUT2D eigenvalue weighted by Crippen LogP contribution is 2.28. The second kappa shape index (κ2) is 5.43. The number of hydrogen-bond donors (Lipinski definition) is 0. The van der Waals surface area contributed by atoms with Crippen molar-refractivity contribution in [3.63, 3.8) is 0 Å². The van der Waals surface area contributed by atoms with Crippen LogP contribution in [0.2, 0.25) is 5.02 Å². The molecule has 1 heterocycles. The summed E-state index contributed by atoms with van der Waals surface area (Å²) in [6.07, 6.45) is 2.66. The molecule has 0 N–H and O–H groups in total. The summed E-state index contributed by atoms with van der Waals surface area (Å²) in [6.45, 7) is 3.65. The summed E-state index contributed by atoms with van der Waals surface area (Å²) < 4.78 is 0.773. The minimum absolute atomic E-state index is 0.0963. The molecule has 0 unspecified atom stereocenters. The maximum Gasteiger partial charge on any atom is 0.255 e. The van der Waals surface area contributed by atoms with E-state index in [1.807, 2.05) is 4.90 Å². The summed E-state index contributed by atoms with van der Waals surface area (Å²) >= 11 is 9.32. The maximum absolute atomic E-state index is 12.5. The van der Waals surface area contributed by atoms with E-state index in [-0.39, 0.29) is 5.91 Å².